The van der Waals surface area contributed by atoms with Gasteiger partial charge in [-0.15, -0.1) is 0 Å². The number of hydrogen-bond acceptors (Lipinski definition) is 4. The second-order valence-electron chi connectivity index (χ2n) is 6.31. The summed E-state index contributed by atoms with van der Waals surface area (Å²) < 4.78 is 16.6. The molecule has 2 aromatic carbocycles. The number of carbonyl (C=O) groups excluding carboxylic acids is 1. The lowest BCUT2D eigenvalue weighted by atomic mass is 10.0. The Labute approximate surface area is 153 Å². The number of rotatable bonds is 5. The molecule has 2 aromatic rings. The molecule has 5 nitrogen and oxygen atoms in total. The standard InChI is InChI=1S/C21H23NO4/c1-14(2)16-6-4-5-7-17(16)22-20(23)9-8-15-12-18(24-3)21-19(13-15)25-10-11-26-21/h4-9,12-14H,10-11H2,1-3H3,(H,22,23)/b9-8+. The van der Waals surface area contributed by atoms with Crippen LogP contribution in [0.1, 0.15) is 30.9 Å². The van der Waals surface area contributed by atoms with Gasteiger partial charge in [-0.1, -0.05) is 32.0 Å². The average molecular weight is 353 g/mol. The van der Waals surface area contributed by atoms with Crippen LogP contribution in [-0.2, 0) is 4.79 Å². The van der Waals surface area contributed by atoms with Crippen LogP contribution in [0.4, 0.5) is 5.69 Å². The van der Waals surface area contributed by atoms with Crippen LogP contribution in [0.25, 0.3) is 6.08 Å². The van der Waals surface area contributed by atoms with E-state index in [1.54, 1.807) is 13.2 Å². The first kappa shape index (κ1) is 17.9. The maximum atomic E-state index is 12.3. The second-order valence-corrected chi connectivity index (χ2v) is 6.31. The Hall–Kier alpha value is -2.95. The van der Waals surface area contributed by atoms with E-state index >= 15 is 0 Å². The maximum absolute atomic E-state index is 12.3. The van der Waals surface area contributed by atoms with Crippen molar-refractivity contribution >= 4 is 17.7 Å². The van der Waals surface area contributed by atoms with Gasteiger partial charge in [0.2, 0.25) is 11.7 Å². The molecule has 0 radical (unpaired) electrons. The molecule has 0 saturated carbocycles. The highest BCUT2D eigenvalue weighted by atomic mass is 16.6. The van der Waals surface area contributed by atoms with E-state index in [-0.39, 0.29) is 5.91 Å². The molecule has 1 amide bonds. The van der Waals surface area contributed by atoms with Crippen LogP contribution in [0.15, 0.2) is 42.5 Å². The molecule has 0 aliphatic carbocycles. The largest absolute Gasteiger partial charge is 0.493 e. The lowest BCUT2D eigenvalue weighted by molar-refractivity contribution is -0.111. The summed E-state index contributed by atoms with van der Waals surface area (Å²) in [5.41, 5.74) is 2.74. The van der Waals surface area contributed by atoms with Gasteiger partial charge in [-0.25, -0.2) is 0 Å². The van der Waals surface area contributed by atoms with Gasteiger partial charge in [-0.05, 0) is 41.3 Å². The Balaban J connectivity index is 1.77. The quantitative estimate of drug-likeness (QED) is 0.817. The molecule has 0 fully saturated rings. The van der Waals surface area contributed by atoms with Gasteiger partial charge >= 0.3 is 0 Å². The third-order valence-electron chi connectivity index (χ3n) is 4.12. The van der Waals surface area contributed by atoms with Crippen molar-refractivity contribution in [3.05, 3.63) is 53.6 Å². The Bertz CT molecular complexity index is 810. The van der Waals surface area contributed by atoms with E-state index in [1.165, 1.54) is 6.08 Å². The third kappa shape index (κ3) is 3.99. The van der Waals surface area contributed by atoms with Crippen LogP contribution in [0.5, 0.6) is 17.2 Å². The summed E-state index contributed by atoms with van der Waals surface area (Å²) >= 11 is 0. The number of nitrogens with one attached hydrogen (secondary N) is 1. The molecule has 0 atom stereocenters. The van der Waals surface area contributed by atoms with Gasteiger partial charge in [0.1, 0.15) is 13.2 Å². The molecule has 136 valence electrons. The predicted molar refractivity (Wildman–Crippen MR) is 102 cm³/mol. The van der Waals surface area contributed by atoms with Gasteiger partial charge < -0.3 is 19.5 Å². The van der Waals surface area contributed by atoms with Gasteiger partial charge in [-0.2, -0.15) is 0 Å². The zero-order valence-corrected chi connectivity index (χ0v) is 15.2. The summed E-state index contributed by atoms with van der Waals surface area (Å²) in [7, 11) is 1.58. The van der Waals surface area contributed by atoms with E-state index in [4.69, 9.17) is 14.2 Å². The third-order valence-corrected chi connectivity index (χ3v) is 4.12. The van der Waals surface area contributed by atoms with E-state index in [1.807, 2.05) is 36.4 Å². The molecule has 0 aromatic heterocycles. The zero-order valence-electron chi connectivity index (χ0n) is 15.2. The molecule has 5 heteroatoms. The summed E-state index contributed by atoms with van der Waals surface area (Å²) in [5.74, 6) is 1.96. The highest BCUT2D eigenvalue weighted by molar-refractivity contribution is 6.02. The van der Waals surface area contributed by atoms with Crippen molar-refractivity contribution < 1.29 is 19.0 Å². The summed E-state index contributed by atoms with van der Waals surface area (Å²) in [5, 5.41) is 2.94. The van der Waals surface area contributed by atoms with Gasteiger partial charge in [-0.3, -0.25) is 4.79 Å². The van der Waals surface area contributed by atoms with Crippen molar-refractivity contribution in [2.45, 2.75) is 19.8 Å². The van der Waals surface area contributed by atoms with Crippen molar-refractivity contribution in [3.8, 4) is 17.2 Å². The molecule has 3 rings (SSSR count). The number of fused-ring (bicyclic) bond motifs is 1. The topological polar surface area (TPSA) is 56.8 Å². The minimum absolute atomic E-state index is 0.188. The van der Waals surface area contributed by atoms with Gasteiger partial charge in [0.05, 0.1) is 7.11 Å². The molecule has 1 aliphatic heterocycles. The predicted octanol–water partition coefficient (Wildman–Crippen LogP) is 4.24. The number of anilines is 1. The molecule has 0 saturated heterocycles. The first-order valence-corrected chi connectivity index (χ1v) is 8.64. The molecule has 1 N–H and O–H groups in total. The summed E-state index contributed by atoms with van der Waals surface area (Å²) in [6.45, 7) is 5.19. The minimum atomic E-state index is -0.188. The minimum Gasteiger partial charge on any atom is -0.493 e. The fourth-order valence-electron chi connectivity index (χ4n) is 2.85. The van der Waals surface area contributed by atoms with Crippen LogP contribution in [0.3, 0.4) is 0 Å². The lowest BCUT2D eigenvalue weighted by Gasteiger charge is -2.20. The first-order chi connectivity index (χ1) is 12.6. The van der Waals surface area contributed by atoms with Gasteiger partial charge in [0, 0.05) is 11.8 Å². The van der Waals surface area contributed by atoms with E-state index in [0.717, 1.165) is 16.8 Å². The summed E-state index contributed by atoms with van der Waals surface area (Å²) in [6.07, 6.45) is 3.23. The lowest BCUT2D eigenvalue weighted by Crippen LogP contribution is -2.16. The smallest absolute Gasteiger partial charge is 0.248 e. The molecule has 0 spiro atoms. The number of hydrogen-bond donors (Lipinski definition) is 1. The van der Waals surface area contributed by atoms with Crippen LogP contribution >= 0.6 is 0 Å². The van der Waals surface area contributed by atoms with Crippen molar-refractivity contribution in [3.63, 3.8) is 0 Å². The van der Waals surface area contributed by atoms with Crippen LogP contribution in [0, 0.1) is 0 Å². The van der Waals surface area contributed by atoms with E-state index in [2.05, 4.69) is 19.2 Å². The normalized spacial score (nSPS) is 13.1. The highest BCUT2D eigenvalue weighted by Crippen LogP contribution is 2.40. The SMILES string of the molecule is COc1cc(/C=C/C(=O)Nc2ccccc2C(C)C)cc2c1OCCO2. The molecule has 1 heterocycles. The molecule has 0 bridgehead atoms. The molecule has 1 aliphatic rings. The zero-order chi connectivity index (χ0) is 18.5. The molecule has 26 heavy (non-hydrogen) atoms. The molecular weight excluding hydrogens is 330 g/mol. The fraction of sp³-hybridized carbons (Fsp3) is 0.286. The Morgan fingerprint density at radius 3 is 2.73 bits per heavy atom. The van der Waals surface area contributed by atoms with Crippen molar-refractivity contribution in [2.24, 2.45) is 0 Å². The monoisotopic (exact) mass is 353 g/mol. The number of methoxy groups -OCH3 is 1. The number of benzene rings is 2. The van der Waals surface area contributed by atoms with Crippen molar-refractivity contribution in [1.82, 2.24) is 0 Å². The van der Waals surface area contributed by atoms with E-state index < -0.39 is 0 Å². The number of ether oxygens (including phenoxy) is 3. The fourth-order valence-corrected chi connectivity index (χ4v) is 2.85. The number of para-hydroxylation sites is 1. The number of carbonyl (C=O) groups is 1. The van der Waals surface area contributed by atoms with Crippen LogP contribution in [0.2, 0.25) is 0 Å². The Morgan fingerprint density at radius 1 is 1.19 bits per heavy atom. The van der Waals surface area contributed by atoms with Crippen LogP contribution < -0.4 is 19.5 Å². The van der Waals surface area contributed by atoms with E-state index in [9.17, 15) is 4.79 Å². The second kappa shape index (κ2) is 7.95. The Morgan fingerprint density at radius 2 is 1.96 bits per heavy atom. The maximum Gasteiger partial charge on any atom is 0.248 e. The average Bonchev–Trinajstić information content (AvgIpc) is 2.66. The van der Waals surface area contributed by atoms with Gasteiger partial charge in [0.15, 0.2) is 11.5 Å². The molecular formula is C21H23NO4. The first-order valence-electron chi connectivity index (χ1n) is 8.64. The van der Waals surface area contributed by atoms with Crippen molar-refractivity contribution in [2.75, 3.05) is 25.6 Å². The summed E-state index contributed by atoms with van der Waals surface area (Å²) in [6, 6.07) is 11.5. The van der Waals surface area contributed by atoms with E-state index in [0.29, 0.717) is 36.4 Å². The summed E-state index contributed by atoms with van der Waals surface area (Å²) in [4.78, 5) is 12.3. The molecule has 0 unspecified atom stereocenters. The van der Waals surface area contributed by atoms with Crippen LogP contribution in [-0.4, -0.2) is 26.2 Å². The number of amides is 1. The highest BCUT2D eigenvalue weighted by Gasteiger charge is 2.17. The van der Waals surface area contributed by atoms with Gasteiger partial charge in [0.25, 0.3) is 0 Å². The van der Waals surface area contributed by atoms with Crippen molar-refractivity contribution in [1.29, 1.82) is 0 Å². The Kier molecular flexibility index (Phi) is 5.46.